The van der Waals surface area contributed by atoms with Gasteiger partial charge in [-0.1, -0.05) is 0 Å². The Bertz CT molecular complexity index is 454. The molecule has 0 fully saturated rings. The van der Waals surface area contributed by atoms with Crippen molar-refractivity contribution in [3.63, 3.8) is 0 Å². The summed E-state index contributed by atoms with van der Waals surface area (Å²) in [5.74, 6) is -0.697. The summed E-state index contributed by atoms with van der Waals surface area (Å²) in [6, 6.07) is 3.62. The molecule has 0 amide bonds. The Morgan fingerprint density at radius 2 is 2.11 bits per heavy atom. The lowest BCUT2D eigenvalue weighted by atomic mass is 9.95. The Morgan fingerprint density at radius 1 is 1.44 bits per heavy atom. The van der Waals surface area contributed by atoms with Crippen LogP contribution in [0.25, 0.3) is 0 Å². The van der Waals surface area contributed by atoms with Gasteiger partial charge < -0.3 is 9.47 Å². The van der Waals surface area contributed by atoms with Gasteiger partial charge in [0, 0.05) is 0 Å². The van der Waals surface area contributed by atoms with Gasteiger partial charge in [-0.25, -0.2) is 4.39 Å². The predicted molar refractivity (Wildman–Crippen MR) is 63.1 cm³/mol. The summed E-state index contributed by atoms with van der Waals surface area (Å²) in [6.45, 7) is 3.35. The number of hydrogen-bond donors (Lipinski definition) is 0. The van der Waals surface area contributed by atoms with Crippen LogP contribution in [0.4, 0.5) is 4.39 Å². The highest BCUT2D eigenvalue weighted by Gasteiger charge is 2.30. The number of halogens is 1. The zero-order valence-electron chi connectivity index (χ0n) is 10.5. The molecule has 18 heavy (non-hydrogen) atoms. The van der Waals surface area contributed by atoms with Gasteiger partial charge in [-0.15, -0.1) is 0 Å². The monoisotopic (exact) mass is 254 g/mol. The molecule has 98 valence electrons. The third kappa shape index (κ3) is 3.29. The van der Waals surface area contributed by atoms with Gasteiger partial charge in [-0.05, 0) is 32.0 Å². The van der Waals surface area contributed by atoms with E-state index in [1.54, 1.807) is 13.8 Å². The van der Waals surface area contributed by atoms with Crippen LogP contribution in [0.3, 0.4) is 0 Å². The fourth-order valence-corrected chi connectivity index (χ4v) is 1.34. The number of esters is 1. The van der Waals surface area contributed by atoms with E-state index in [1.807, 2.05) is 0 Å². The summed E-state index contributed by atoms with van der Waals surface area (Å²) in [6.07, 6.45) is 0.504. The molecule has 4 nitrogen and oxygen atoms in total. The van der Waals surface area contributed by atoms with Gasteiger partial charge in [0.05, 0.1) is 18.1 Å². The lowest BCUT2D eigenvalue weighted by molar-refractivity contribution is -0.152. The Balaban J connectivity index is 2.80. The summed E-state index contributed by atoms with van der Waals surface area (Å²) >= 11 is 0. The van der Waals surface area contributed by atoms with E-state index in [1.165, 1.54) is 19.2 Å². The molecule has 0 aliphatic rings. The minimum absolute atomic E-state index is 0.0339. The number of hydrogen-bond acceptors (Lipinski definition) is 4. The second-order valence-corrected chi connectivity index (χ2v) is 4.46. The minimum Gasteiger partial charge on any atom is -0.492 e. The van der Waals surface area contributed by atoms with Gasteiger partial charge in [0.15, 0.2) is 6.29 Å². The van der Waals surface area contributed by atoms with Crippen molar-refractivity contribution in [2.24, 2.45) is 5.41 Å². The molecule has 0 aromatic heterocycles. The molecule has 0 unspecified atom stereocenters. The van der Waals surface area contributed by atoms with Gasteiger partial charge in [-0.3, -0.25) is 9.59 Å². The minimum atomic E-state index is -0.844. The third-order valence-corrected chi connectivity index (χ3v) is 2.43. The highest BCUT2D eigenvalue weighted by atomic mass is 19.1. The molecular formula is C13H15FO4. The Morgan fingerprint density at radius 3 is 2.67 bits per heavy atom. The lowest BCUT2D eigenvalue weighted by Gasteiger charge is -2.22. The molecule has 1 rings (SSSR count). The topological polar surface area (TPSA) is 52.6 Å². The Labute approximate surface area is 105 Å². The lowest BCUT2D eigenvalue weighted by Crippen LogP contribution is -2.32. The second kappa shape index (κ2) is 5.62. The summed E-state index contributed by atoms with van der Waals surface area (Å²) in [5, 5.41) is 0. The highest BCUT2D eigenvalue weighted by molar-refractivity contribution is 5.79. The van der Waals surface area contributed by atoms with Crippen LogP contribution in [-0.4, -0.2) is 26.0 Å². The van der Waals surface area contributed by atoms with Crippen LogP contribution in [0, 0.1) is 11.2 Å². The second-order valence-electron chi connectivity index (χ2n) is 4.46. The zero-order chi connectivity index (χ0) is 13.8. The number of carbonyl (C=O) groups is 2. The van der Waals surface area contributed by atoms with Crippen LogP contribution >= 0.6 is 0 Å². The molecule has 0 N–H and O–H groups in total. The first-order chi connectivity index (χ1) is 8.40. The zero-order valence-corrected chi connectivity index (χ0v) is 10.5. The van der Waals surface area contributed by atoms with Gasteiger partial charge in [-0.2, -0.15) is 0 Å². The van der Waals surface area contributed by atoms with Crippen molar-refractivity contribution in [2.75, 3.05) is 13.7 Å². The molecule has 1 aromatic carbocycles. The van der Waals surface area contributed by atoms with Gasteiger partial charge in [0.25, 0.3) is 0 Å². The summed E-state index contributed by atoms with van der Waals surface area (Å²) in [4.78, 5) is 22.2. The van der Waals surface area contributed by atoms with Crippen molar-refractivity contribution >= 4 is 12.3 Å². The molecule has 0 heterocycles. The van der Waals surface area contributed by atoms with Crippen LogP contribution < -0.4 is 4.74 Å². The molecule has 0 saturated heterocycles. The van der Waals surface area contributed by atoms with E-state index in [0.29, 0.717) is 6.29 Å². The van der Waals surface area contributed by atoms with E-state index in [-0.39, 0.29) is 17.9 Å². The smallest absolute Gasteiger partial charge is 0.314 e. The van der Waals surface area contributed by atoms with Crippen LogP contribution in [0.5, 0.6) is 5.75 Å². The average Bonchev–Trinajstić information content (AvgIpc) is 2.36. The molecule has 0 spiro atoms. The quantitative estimate of drug-likeness (QED) is 0.597. The SMILES string of the molecule is COC(=O)C(C)(C)COc1ccc(F)cc1C=O. The molecule has 1 aromatic rings. The van der Waals surface area contributed by atoms with Crippen LogP contribution in [-0.2, 0) is 9.53 Å². The number of rotatable bonds is 5. The maximum absolute atomic E-state index is 12.9. The fraction of sp³-hybridized carbons (Fsp3) is 0.385. The molecule has 5 heteroatoms. The van der Waals surface area contributed by atoms with E-state index in [9.17, 15) is 14.0 Å². The summed E-state index contributed by atoms with van der Waals surface area (Å²) in [7, 11) is 1.29. The van der Waals surface area contributed by atoms with Crippen molar-refractivity contribution in [1.82, 2.24) is 0 Å². The van der Waals surface area contributed by atoms with Crippen molar-refractivity contribution in [1.29, 1.82) is 0 Å². The number of methoxy groups -OCH3 is 1. The molecule has 0 aliphatic heterocycles. The van der Waals surface area contributed by atoms with Crippen molar-refractivity contribution in [3.05, 3.63) is 29.6 Å². The molecule has 0 radical (unpaired) electrons. The van der Waals surface area contributed by atoms with Crippen LogP contribution in [0.15, 0.2) is 18.2 Å². The van der Waals surface area contributed by atoms with E-state index in [4.69, 9.17) is 4.74 Å². The van der Waals surface area contributed by atoms with E-state index < -0.39 is 17.2 Å². The van der Waals surface area contributed by atoms with Crippen LogP contribution in [0.2, 0.25) is 0 Å². The van der Waals surface area contributed by atoms with E-state index in [2.05, 4.69) is 4.74 Å². The predicted octanol–water partition coefficient (Wildman–Crippen LogP) is 2.22. The number of carbonyl (C=O) groups excluding carboxylic acids is 2. The Hall–Kier alpha value is -1.91. The first kappa shape index (κ1) is 14.2. The van der Waals surface area contributed by atoms with Crippen molar-refractivity contribution in [3.8, 4) is 5.75 Å². The largest absolute Gasteiger partial charge is 0.492 e. The standard InChI is InChI=1S/C13H15FO4/c1-13(2,12(16)17-3)8-18-11-5-4-10(14)6-9(11)7-15/h4-7H,8H2,1-3H3. The fourth-order valence-electron chi connectivity index (χ4n) is 1.34. The number of benzene rings is 1. The van der Waals surface area contributed by atoms with E-state index >= 15 is 0 Å². The molecule has 0 atom stereocenters. The molecule has 0 bridgehead atoms. The normalized spacial score (nSPS) is 10.9. The first-order valence-corrected chi connectivity index (χ1v) is 5.36. The Kier molecular flexibility index (Phi) is 4.42. The highest BCUT2D eigenvalue weighted by Crippen LogP contribution is 2.23. The van der Waals surface area contributed by atoms with E-state index in [0.717, 1.165) is 6.07 Å². The maximum Gasteiger partial charge on any atom is 0.314 e. The molecular weight excluding hydrogens is 239 g/mol. The molecule has 0 aliphatic carbocycles. The first-order valence-electron chi connectivity index (χ1n) is 5.36. The maximum atomic E-state index is 12.9. The average molecular weight is 254 g/mol. The van der Waals surface area contributed by atoms with Gasteiger partial charge in [0.1, 0.15) is 18.2 Å². The van der Waals surface area contributed by atoms with Crippen molar-refractivity contribution < 1.29 is 23.5 Å². The third-order valence-electron chi connectivity index (χ3n) is 2.43. The van der Waals surface area contributed by atoms with Crippen LogP contribution in [0.1, 0.15) is 24.2 Å². The van der Waals surface area contributed by atoms with Gasteiger partial charge in [0.2, 0.25) is 0 Å². The number of aldehydes is 1. The summed E-state index contributed by atoms with van der Waals surface area (Å²) < 4.78 is 22.9. The van der Waals surface area contributed by atoms with Gasteiger partial charge >= 0.3 is 5.97 Å². The number of ether oxygens (including phenoxy) is 2. The summed E-state index contributed by atoms with van der Waals surface area (Å²) in [5.41, 5.74) is -0.737. The molecule has 0 saturated carbocycles. The van der Waals surface area contributed by atoms with Crippen molar-refractivity contribution in [2.45, 2.75) is 13.8 Å².